The second-order valence-corrected chi connectivity index (χ2v) is 7.93. The van der Waals surface area contributed by atoms with E-state index in [4.69, 9.17) is 9.47 Å². The van der Waals surface area contributed by atoms with Crippen LogP contribution in [0.25, 0.3) is 0 Å². The Morgan fingerprint density at radius 2 is 1.80 bits per heavy atom. The summed E-state index contributed by atoms with van der Waals surface area (Å²) in [6, 6.07) is 16.6. The third-order valence-electron chi connectivity index (χ3n) is 5.95. The molecule has 2 saturated heterocycles. The quantitative estimate of drug-likeness (QED) is 0.723. The Balaban J connectivity index is 1.48. The molecule has 2 atom stereocenters. The van der Waals surface area contributed by atoms with E-state index in [2.05, 4.69) is 6.07 Å². The normalized spacial score (nSPS) is 22.8. The molecule has 6 nitrogen and oxygen atoms in total. The van der Waals surface area contributed by atoms with Crippen molar-refractivity contribution in [3.63, 3.8) is 0 Å². The number of piperidine rings is 1. The number of carbonyl (C=O) groups excluding carboxylic acids is 2. The van der Waals surface area contributed by atoms with E-state index in [0.717, 1.165) is 11.1 Å². The summed E-state index contributed by atoms with van der Waals surface area (Å²) >= 11 is 0. The molecule has 2 aromatic rings. The van der Waals surface area contributed by atoms with Crippen LogP contribution in [0.4, 0.5) is 4.79 Å². The minimum Gasteiger partial charge on any atom is -0.445 e. The first kappa shape index (κ1) is 20.1. The van der Waals surface area contributed by atoms with Gasteiger partial charge in [-0.3, -0.25) is 9.69 Å². The van der Waals surface area contributed by atoms with Crippen LogP contribution in [0, 0.1) is 24.2 Å². The predicted molar refractivity (Wildman–Crippen MR) is 110 cm³/mol. The van der Waals surface area contributed by atoms with Crippen molar-refractivity contribution in [1.29, 1.82) is 5.26 Å². The van der Waals surface area contributed by atoms with E-state index in [9.17, 15) is 14.9 Å². The number of morpholine rings is 1. The van der Waals surface area contributed by atoms with E-state index >= 15 is 0 Å². The van der Waals surface area contributed by atoms with Gasteiger partial charge in [0.25, 0.3) is 0 Å². The highest BCUT2D eigenvalue weighted by molar-refractivity contribution is 6.01. The number of carbonyl (C=O) groups is 2. The van der Waals surface area contributed by atoms with Crippen LogP contribution in [0.15, 0.2) is 48.5 Å². The van der Waals surface area contributed by atoms with E-state index in [1.807, 2.05) is 43.3 Å². The van der Waals surface area contributed by atoms with Crippen LogP contribution < -0.4 is 0 Å². The Morgan fingerprint density at radius 1 is 1.10 bits per heavy atom. The van der Waals surface area contributed by atoms with E-state index in [-0.39, 0.29) is 36.5 Å². The number of nitriles is 1. The Morgan fingerprint density at radius 3 is 2.47 bits per heavy atom. The fourth-order valence-corrected chi connectivity index (χ4v) is 4.51. The first-order chi connectivity index (χ1) is 14.6. The number of ether oxygens (including phenoxy) is 2. The largest absolute Gasteiger partial charge is 0.445 e. The van der Waals surface area contributed by atoms with Crippen LogP contribution in [0.2, 0.25) is 0 Å². The topological polar surface area (TPSA) is 79.6 Å². The third kappa shape index (κ3) is 3.94. The van der Waals surface area contributed by atoms with Gasteiger partial charge in [-0.25, -0.2) is 4.79 Å². The second-order valence-electron chi connectivity index (χ2n) is 7.93. The van der Waals surface area contributed by atoms with Gasteiger partial charge in [0, 0.05) is 11.5 Å². The second kappa shape index (κ2) is 8.68. The zero-order chi connectivity index (χ0) is 21.1. The molecule has 0 aliphatic carbocycles. The van der Waals surface area contributed by atoms with Crippen molar-refractivity contribution in [2.75, 3.05) is 13.2 Å². The molecule has 2 bridgehead atoms. The van der Waals surface area contributed by atoms with Gasteiger partial charge >= 0.3 is 6.09 Å². The summed E-state index contributed by atoms with van der Waals surface area (Å²) < 4.78 is 11.2. The molecule has 0 aromatic heterocycles. The van der Waals surface area contributed by atoms with Crippen molar-refractivity contribution in [2.45, 2.75) is 38.5 Å². The van der Waals surface area contributed by atoms with Crippen LogP contribution in [-0.4, -0.2) is 42.1 Å². The van der Waals surface area contributed by atoms with Crippen molar-refractivity contribution in [3.8, 4) is 6.07 Å². The summed E-state index contributed by atoms with van der Waals surface area (Å²) in [6.45, 7) is 2.85. The number of rotatable bonds is 4. The van der Waals surface area contributed by atoms with Crippen molar-refractivity contribution < 1.29 is 19.1 Å². The molecule has 0 N–H and O–H groups in total. The maximum atomic E-state index is 13.3. The van der Waals surface area contributed by atoms with Gasteiger partial charge in [0.1, 0.15) is 6.61 Å². The fourth-order valence-electron chi connectivity index (χ4n) is 4.51. The van der Waals surface area contributed by atoms with E-state index in [0.29, 0.717) is 37.2 Å². The van der Waals surface area contributed by atoms with E-state index in [1.54, 1.807) is 17.0 Å². The molecule has 2 unspecified atom stereocenters. The molecule has 2 fully saturated rings. The number of hydrogen-bond donors (Lipinski definition) is 0. The summed E-state index contributed by atoms with van der Waals surface area (Å²) in [7, 11) is 0. The number of aryl methyl sites for hydroxylation is 1. The van der Waals surface area contributed by atoms with Gasteiger partial charge in [-0.05, 0) is 37.0 Å². The van der Waals surface area contributed by atoms with Crippen molar-refractivity contribution >= 4 is 11.9 Å². The first-order valence-corrected chi connectivity index (χ1v) is 10.2. The molecule has 1 amide bonds. The summed E-state index contributed by atoms with van der Waals surface area (Å²) in [5, 5.41) is 9.43. The van der Waals surface area contributed by atoms with Crippen molar-refractivity contribution in [2.24, 2.45) is 5.92 Å². The maximum Gasteiger partial charge on any atom is 0.410 e. The van der Waals surface area contributed by atoms with E-state index < -0.39 is 0 Å². The van der Waals surface area contributed by atoms with Gasteiger partial charge in [0.05, 0.1) is 36.9 Å². The van der Waals surface area contributed by atoms with Gasteiger partial charge in [0.15, 0.2) is 5.78 Å². The number of hydrogen-bond acceptors (Lipinski definition) is 5. The monoisotopic (exact) mass is 404 g/mol. The highest BCUT2D eigenvalue weighted by Crippen LogP contribution is 2.35. The molecule has 0 saturated carbocycles. The Hall–Kier alpha value is -3.17. The summed E-state index contributed by atoms with van der Waals surface area (Å²) in [6.07, 6.45) is 0.654. The molecule has 0 spiro atoms. The minimum absolute atomic E-state index is 0.0150. The molecule has 2 heterocycles. The molecular formula is C24H24N2O4. The average molecular weight is 404 g/mol. The fraction of sp³-hybridized carbons (Fsp3) is 0.375. The van der Waals surface area contributed by atoms with Crippen LogP contribution in [0.3, 0.4) is 0 Å². The maximum absolute atomic E-state index is 13.3. The lowest BCUT2D eigenvalue weighted by atomic mass is 9.79. The zero-order valence-electron chi connectivity index (χ0n) is 16.9. The third-order valence-corrected chi connectivity index (χ3v) is 5.95. The highest BCUT2D eigenvalue weighted by Gasteiger charge is 2.45. The van der Waals surface area contributed by atoms with Crippen LogP contribution in [0.5, 0.6) is 0 Å². The predicted octanol–water partition coefficient (Wildman–Crippen LogP) is 3.87. The van der Waals surface area contributed by atoms with Gasteiger partial charge in [-0.15, -0.1) is 0 Å². The van der Waals surface area contributed by atoms with Crippen molar-refractivity contribution in [3.05, 3.63) is 70.8 Å². The summed E-state index contributed by atoms with van der Waals surface area (Å²) in [5.74, 6) is -0.255. The van der Waals surface area contributed by atoms with Gasteiger partial charge in [0.2, 0.25) is 0 Å². The number of nitrogens with zero attached hydrogens (tertiary/aromatic N) is 2. The Bertz CT molecular complexity index is 968. The number of benzene rings is 2. The average Bonchev–Trinajstić information content (AvgIpc) is 2.76. The van der Waals surface area contributed by atoms with Gasteiger partial charge in [-0.1, -0.05) is 42.5 Å². The van der Waals surface area contributed by atoms with Crippen LogP contribution in [-0.2, 0) is 16.1 Å². The molecule has 2 aliphatic rings. The highest BCUT2D eigenvalue weighted by atomic mass is 16.6. The first-order valence-electron chi connectivity index (χ1n) is 10.2. The lowest BCUT2D eigenvalue weighted by Gasteiger charge is -2.47. The Labute approximate surface area is 176 Å². The standard InChI is InChI=1S/C24H24N2O4/c1-16-6-5-9-18(12-25)22(16)23(27)19-10-20-14-29-15-21(11-19)26(20)24(28)30-13-17-7-3-2-4-8-17/h2-9,19-21H,10-11,13-15H2,1H3. The lowest BCUT2D eigenvalue weighted by molar-refractivity contribution is -0.0755. The van der Waals surface area contributed by atoms with Crippen LogP contribution in [0.1, 0.15) is 39.9 Å². The molecule has 2 aromatic carbocycles. The molecule has 30 heavy (non-hydrogen) atoms. The summed E-state index contributed by atoms with van der Waals surface area (Å²) in [4.78, 5) is 27.8. The van der Waals surface area contributed by atoms with Gasteiger partial charge < -0.3 is 9.47 Å². The zero-order valence-corrected chi connectivity index (χ0v) is 16.9. The minimum atomic E-state index is -0.364. The molecule has 154 valence electrons. The molecule has 2 aliphatic heterocycles. The summed E-state index contributed by atoms with van der Waals surface area (Å²) in [5.41, 5.74) is 2.65. The molecule has 0 radical (unpaired) electrons. The molecule has 6 heteroatoms. The smallest absolute Gasteiger partial charge is 0.410 e. The van der Waals surface area contributed by atoms with Gasteiger partial charge in [-0.2, -0.15) is 5.26 Å². The number of Topliss-reactive ketones (excluding diaryl/α,β-unsaturated/α-hetero) is 1. The molecular weight excluding hydrogens is 380 g/mol. The number of fused-ring (bicyclic) bond motifs is 2. The van der Waals surface area contributed by atoms with Crippen LogP contribution >= 0.6 is 0 Å². The SMILES string of the molecule is Cc1cccc(C#N)c1C(=O)C1CC2COCC(C1)N2C(=O)OCc1ccccc1. The number of ketones is 1. The Kier molecular flexibility index (Phi) is 5.82. The van der Waals surface area contributed by atoms with E-state index in [1.165, 1.54) is 0 Å². The van der Waals surface area contributed by atoms with Crippen molar-refractivity contribution in [1.82, 2.24) is 4.90 Å². The number of amides is 1. The lowest BCUT2D eigenvalue weighted by Crippen LogP contribution is -2.60. The molecule has 4 rings (SSSR count).